The summed E-state index contributed by atoms with van der Waals surface area (Å²) in [5.74, 6) is 0.0228. The van der Waals surface area contributed by atoms with Crippen molar-refractivity contribution in [3.05, 3.63) is 47.3 Å². The molecule has 1 aliphatic rings. The number of benzene rings is 1. The summed E-state index contributed by atoms with van der Waals surface area (Å²) < 4.78 is 7.22. The van der Waals surface area contributed by atoms with E-state index in [4.69, 9.17) is 4.74 Å². The van der Waals surface area contributed by atoms with Gasteiger partial charge in [0.15, 0.2) is 0 Å². The summed E-state index contributed by atoms with van der Waals surface area (Å²) in [6.45, 7) is 6.75. The average molecular weight is 342 g/mol. The molecule has 2 aromatic rings. The van der Waals surface area contributed by atoms with Gasteiger partial charge in [0.1, 0.15) is 0 Å². The van der Waals surface area contributed by atoms with Crippen molar-refractivity contribution in [2.24, 2.45) is 0 Å². The predicted molar refractivity (Wildman–Crippen MR) is 96.8 cm³/mol. The van der Waals surface area contributed by atoms with Crippen LogP contribution in [0.5, 0.6) is 0 Å². The molecule has 1 fully saturated rings. The van der Waals surface area contributed by atoms with E-state index in [9.17, 15) is 4.79 Å². The number of aryl methyl sites for hydroxylation is 2. The van der Waals surface area contributed by atoms with E-state index < -0.39 is 0 Å². The van der Waals surface area contributed by atoms with E-state index in [0.29, 0.717) is 6.42 Å². The highest BCUT2D eigenvalue weighted by Crippen LogP contribution is 2.18. The molecule has 134 valence electrons. The van der Waals surface area contributed by atoms with Crippen LogP contribution in [-0.2, 0) is 9.53 Å². The lowest BCUT2D eigenvalue weighted by molar-refractivity contribution is -0.123. The van der Waals surface area contributed by atoms with E-state index in [0.717, 1.165) is 29.2 Å². The second-order valence-electron chi connectivity index (χ2n) is 6.71. The Morgan fingerprint density at radius 1 is 1.36 bits per heavy atom. The van der Waals surface area contributed by atoms with Gasteiger partial charge in [-0.15, -0.1) is 0 Å². The summed E-state index contributed by atoms with van der Waals surface area (Å²) in [6.07, 6.45) is 0.831. The van der Waals surface area contributed by atoms with E-state index in [1.807, 2.05) is 49.7 Å². The summed E-state index contributed by atoms with van der Waals surface area (Å²) in [5.41, 5.74) is 4.19. The Hall–Kier alpha value is -2.18. The largest absolute Gasteiger partial charge is 0.380 e. The number of carbonyl (C=O) groups excluding carboxylic acids is 1. The van der Waals surface area contributed by atoms with Gasteiger partial charge in [-0.05, 0) is 51.0 Å². The Bertz CT molecular complexity index is 738. The number of nitrogens with zero attached hydrogens (tertiary/aromatic N) is 2. The number of amides is 1. The average Bonchev–Trinajstić information content (AvgIpc) is 3.21. The van der Waals surface area contributed by atoms with Crippen molar-refractivity contribution in [3.8, 4) is 5.69 Å². The third-order valence-corrected chi connectivity index (χ3v) is 4.75. The van der Waals surface area contributed by atoms with E-state index in [-0.39, 0.29) is 24.1 Å². The van der Waals surface area contributed by atoms with Crippen LogP contribution in [0.15, 0.2) is 30.3 Å². The van der Waals surface area contributed by atoms with E-state index in [2.05, 4.69) is 21.8 Å². The predicted octanol–water partition coefficient (Wildman–Crippen LogP) is 2.04. The quantitative estimate of drug-likeness (QED) is 0.873. The van der Waals surface area contributed by atoms with Crippen molar-refractivity contribution >= 4 is 5.91 Å². The molecule has 0 saturated carbocycles. The SMILES string of the molecule is CO[C@@H]1CN[C@@H](C(=O)N[C@@H](C)c2ccc(-n3nc(C)cc3C)cc2)C1. The molecule has 1 aromatic heterocycles. The standard InChI is InChI=1S/C19H26N4O2/c1-12-9-13(2)23(22-12)16-7-5-15(6-8-16)14(3)21-19(24)18-10-17(25-4)11-20-18/h5-9,14,17-18,20H,10-11H2,1-4H3,(H,21,24)/t14-,17-,18+/m0/s1. The molecule has 0 unspecified atom stereocenters. The molecule has 1 amide bonds. The molecular formula is C19H26N4O2. The van der Waals surface area contributed by atoms with Crippen molar-refractivity contribution in [2.45, 2.75) is 45.4 Å². The highest BCUT2D eigenvalue weighted by atomic mass is 16.5. The Labute approximate surface area is 148 Å². The van der Waals surface area contributed by atoms with Crippen LogP contribution in [0.2, 0.25) is 0 Å². The van der Waals surface area contributed by atoms with Crippen molar-refractivity contribution in [2.75, 3.05) is 13.7 Å². The number of rotatable bonds is 5. The summed E-state index contributed by atoms with van der Waals surface area (Å²) in [7, 11) is 1.68. The van der Waals surface area contributed by atoms with Crippen LogP contribution in [-0.4, -0.2) is 41.5 Å². The second-order valence-corrected chi connectivity index (χ2v) is 6.71. The number of hydrogen-bond donors (Lipinski definition) is 2. The summed E-state index contributed by atoms with van der Waals surface area (Å²) >= 11 is 0. The molecule has 0 spiro atoms. The second kappa shape index (κ2) is 7.37. The molecule has 2 N–H and O–H groups in total. The first-order valence-corrected chi connectivity index (χ1v) is 8.68. The lowest BCUT2D eigenvalue weighted by Crippen LogP contribution is -2.41. The van der Waals surface area contributed by atoms with Gasteiger partial charge in [-0.1, -0.05) is 12.1 Å². The van der Waals surface area contributed by atoms with Gasteiger partial charge in [0.05, 0.1) is 29.6 Å². The molecule has 0 aliphatic carbocycles. The Kier molecular flexibility index (Phi) is 5.20. The minimum atomic E-state index is -0.179. The fourth-order valence-electron chi connectivity index (χ4n) is 3.27. The monoisotopic (exact) mass is 342 g/mol. The molecule has 6 heteroatoms. The van der Waals surface area contributed by atoms with Crippen LogP contribution in [0.25, 0.3) is 5.69 Å². The molecule has 2 heterocycles. The molecule has 1 aromatic carbocycles. The van der Waals surface area contributed by atoms with Gasteiger partial charge in [-0.25, -0.2) is 4.68 Å². The number of carbonyl (C=O) groups is 1. The highest BCUT2D eigenvalue weighted by Gasteiger charge is 2.29. The third-order valence-electron chi connectivity index (χ3n) is 4.75. The first-order valence-electron chi connectivity index (χ1n) is 8.68. The number of nitrogens with one attached hydrogen (secondary N) is 2. The normalized spacial score (nSPS) is 21.3. The number of aromatic nitrogens is 2. The van der Waals surface area contributed by atoms with Crippen molar-refractivity contribution in [3.63, 3.8) is 0 Å². The molecule has 1 saturated heterocycles. The molecule has 3 atom stereocenters. The summed E-state index contributed by atoms with van der Waals surface area (Å²) in [5, 5.41) is 10.8. The van der Waals surface area contributed by atoms with Crippen LogP contribution < -0.4 is 10.6 Å². The van der Waals surface area contributed by atoms with E-state index in [1.54, 1.807) is 7.11 Å². The van der Waals surface area contributed by atoms with Crippen molar-refractivity contribution < 1.29 is 9.53 Å². The molecular weight excluding hydrogens is 316 g/mol. The van der Waals surface area contributed by atoms with Crippen LogP contribution >= 0.6 is 0 Å². The molecule has 0 bridgehead atoms. The third kappa shape index (κ3) is 3.91. The zero-order valence-corrected chi connectivity index (χ0v) is 15.2. The van der Waals surface area contributed by atoms with Gasteiger partial charge in [-0.3, -0.25) is 4.79 Å². The fourth-order valence-corrected chi connectivity index (χ4v) is 3.27. The zero-order valence-electron chi connectivity index (χ0n) is 15.2. The molecule has 3 rings (SSSR count). The van der Waals surface area contributed by atoms with Crippen LogP contribution in [0.3, 0.4) is 0 Å². The molecule has 1 aliphatic heterocycles. The van der Waals surface area contributed by atoms with Gasteiger partial charge < -0.3 is 15.4 Å². The van der Waals surface area contributed by atoms with Gasteiger partial charge in [-0.2, -0.15) is 5.10 Å². The summed E-state index contributed by atoms with van der Waals surface area (Å²) in [6, 6.07) is 9.97. The molecule has 0 radical (unpaired) electrons. The minimum absolute atomic E-state index is 0.0228. The molecule has 25 heavy (non-hydrogen) atoms. The van der Waals surface area contributed by atoms with E-state index in [1.165, 1.54) is 0 Å². The Morgan fingerprint density at radius 2 is 2.08 bits per heavy atom. The van der Waals surface area contributed by atoms with Gasteiger partial charge >= 0.3 is 0 Å². The number of hydrogen-bond acceptors (Lipinski definition) is 4. The maximum atomic E-state index is 12.4. The first-order chi connectivity index (χ1) is 12.0. The number of ether oxygens (including phenoxy) is 1. The lowest BCUT2D eigenvalue weighted by Gasteiger charge is -2.18. The summed E-state index contributed by atoms with van der Waals surface area (Å²) in [4.78, 5) is 12.4. The van der Waals surface area contributed by atoms with Gasteiger partial charge in [0, 0.05) is 19.3 Å². The zero-order chi connectivity index (χ0) is 18.0. The highest BCUT2D eigenvalue weighted by molar-refractivity contribution is 5.82. The maximum Gasteiger partial charge on any atom is 0.237 e. The topological polar surface area (TPSA) is 68.2 Å². The van der Waals surface area contributed by atoms with Crippen molar-refractivity contribution in [1.29, 1.82) is 0 Å². The Balaban J connectivity index is 1.64. The Morgan fingerprint density at radius 3 is 2.64 bits per heavy atom. The van der Waals surface area contributed by atoms with Crippen molar-refractivity contribution in [1.82, 2.24) is 20.4 Å². The van der Waals surface area contributed by atoms with E-state index >= 15 is 0 Å². The van der Waals surface area contributed by atoms with Crippen LogP contribution in [0, 0.1) is 13.8 Å². The van der Waals surface area contributed by atoms with Crippen LogP contribution in [0.4, 0.5) is 0 Å². The van der Waals surface area contributed by atoms with Crippen LogP contribution in [0.1, 0.15) is 36.3 Å². The fraction of sp³-hybridized carbons (Fsp3) is 0.474. The lowest BCUT2D eigenvalue weighted by atomic mass is 10.1. The number of methoxy groups -OCH3 is 1. The maximum absolute atomic E-state index is 12.4. The minimum Gasteiger partial charge on any atom is -0.380 e. The molecule has 6 nitrogen and oxygen atoms in total. The first kappa shape index (κ1) is 17.6. The smallest absolute Gasteiger partial charge is 0.237 e. The van der Waals surface area contributed by atoms with Gasteiger partial charge in [0.2, 0.25) is 5.91 Å². The van der Waals surface area contributed by atoms with Gasteiger partial charge in [0.25, 0.3) is 0 Å².